The molecule has 0 unspecified atom stereocenters. The van der Waals surface area contributed by atoms with E-state index >= 15 is 0 Å². The fraction of sp³-hybridized carbons (Fsp3) is 0.562. The normalized spacial score (nSPS) is 16.4. The molecule has 0 bridgehead atoms. The number of hydrogen-bond acceptors (Lipinski definition) is 5. The molecule has 1 saturated heterocycles. The summed E-state index contributed by atoms with van der Waals surface area (Å²) in [7, 11) is 0. The van der Waals surface area contributed by atoms with E-state index in [4.69, 9.17) is 8.94 Å². The maximum atomic E-state index is 12.2. The molecule has 0 atom stereocenters. The van der Waals surface area contributed by atoms with Crippen LogP contribution in [0.15, 0.2) is 27.3 Å². The number of hydrogen-bond donors (Lipinski definition) is 0. The lowest BCUT2D eigenvalue weighted by molar-refractivity contribution is 0.0672. The van der Waals surface area contributed by atoms with Crippen LogP contribution in [-0.2, 0) is 6.42 Å². The molecule has 3 heterocycles. The van der Waals surface area contributed by atoms with Crippen LogP contribution in [-0.4, -0.2) is 34.0 Å². The van der Waals surface area contributed by atoms with Crippen LogP contribution in [0.3, 0.4) is 0 Å². The van der Waals surface area contributed by atoms with E-state index in [-0.39, 0.29) is 11.8 Å². The molecule has 1 amide bonds. The lowest BCUT2D eigenvalue weighted by atomic mass is 9.96. The number of piperidine rings is 1. The molecule has 2 aromatic rings. The molecule has 2 aromatic heterocycles. The lowest BCUT2D eigenvalue weighted by Gasteiger charge is -2.29. The fourth-order valence-corrected chi connectivity index (χ4v) is 2.77. The summed E-state index contributed by atoms with van der Waals surface area (Å²) in [4.78, 5) is 18.5. The molecule has 0 saturated carbocycles. The maximum Gasteiger partial charge on any atom is 0.289 e. The largest absolute Gasteiger partial charge is 0.459 e. The van der Waals surface area contributed by atoms with Gasteiger partial charge in [-0.15, -0.1) is 0 Å². The second-order valence-electron chi connectivity index (χ2n) is 6.19. The number of rotatable bonds is 4. The van der Waals surface area contributed by atoms with Crippen molar-refractivity contribution in [3.05, 3.63) is 35.9 Å². The van der Waals surface area contributed by atoms with E-state index in [1.54, 1.807) is 12.1 Å². The molecule has 1 fully saturated rings. The van der Waals surface area contributed by atoms with Crippen LogP contribution in [0.1, 0.15) is 54.9 Å². The number of carbonyl (C=O) groups excluding carboxylic acids is 1. The standard InChI is InChI=1S/C16H21N3O3/c1-11(2)10-14-17-15(22-18-14)12-5-7-19(8-6-12)16(20)13-4-3-9-21-13/h3-4,9,11-12H,5-8,10H2,1-2H3. The number of carbonyl (C=O) groups is 1. The van der Waals surface area contributed by atoms with Gasteiger partial charge in [0.1, 0.15) is 0 Å². The second-order valence-corrected chi connectivity index (χ2v) is 6.19. The Balaban J connectivity index is 1.57. The second kappa shape index (κ2) is 6.34. The predicted molar refractivity (Wildman–Crippen MR) is 79.4 cm³/mol. The van der Waals surface area contributed by atoms with Crippen LogP contribution >= 0.6 is 0 Å². The molecule has 0 aliphatic carbocycles. The lowest BCUT2D eigenvalue weighted by Crippen LogP contribution is -2.37. The van der Waals surface area contributed by atoms with Gasteiger partial charge in [-0.05, 0) is 30.9 Å². The van der Waals surface area contributed by atoms with Crippen molar-refractivity contribution in [3.63, 3.8) is 0 Å². The average Bonchev–Trinajstić information content (AvgIpc) is 3.17. The van der Waals surface area contributed by atoms with E-state index in [0.29, 0.717) is 30.7 Å². The van der Waals surface area contributed by atoms with Crippen molar-refractivity contribution in [1.29, 1.82) is 0 Å². The van der Waals surface area contributed by atoms with E-state index in [1.807, 2.05) is 4.90 Å². The number of aromatic nitrogens is 2. The van der Waals surface area contributed by atoms with Crippen LogP contribution in [0.2, 0.25) is 0 Å². The van der Waals surface area contributed by atoms with Gasteiger partial charge in [-0.1, -0.05) is 19.0 Å². The van der Waals surface area contributed by atoms with Crippen molar-refractivity contribution < 1.29 is 13.7 Å². The zero-order valence-corrected chi connectivity index (χ0v) is 13.0. The van der Waals surface area contributed by atoms with E-state index in [0.717, 1.165) is 25.1 Å². The van der Waals surface area contributed by atoms with Gasteiger partial charge in [0.15, 0.2) is 11.6 Å². The summed E-state index contributed by atoms with van der Waals surface area (Å²) in [5.41, 5.74) is 0. The first-order valence-electron chi connectivity index (χ1n) is 7.78. The van der Waals surface area contributed by atoms with E-state index in [1.165, 1.54) is 6.26 Å². The summed E-state index contributed by atoms with van der Waals surface area (Å²) >= 11 is 0. The summed E-state index contributed by atoms with van der Waals surface area (Å²) in [5, 5.41) is 4.04. The minimum Gasteiger partial charge on any atom is -0.459 e. The Labute approximate surface area is 129 Å². The van der Waals surface area contributed by atoms with Crippen LogP contribution in [0, 0.1) is 5.92 Å². The summed E-state index contributed by atoms with van der Waals surface area (Å²) < 4.78 is 10.6. The molecule has 3 rings (SSSR count). The average molecular weight is 303 g/mol. The van der Waals surface area contributed by atoms with Gasteiger partial charge in [-0.2, -0.15) is 4.98 Å². The van der Waals surface area contributed by atoms with Gasteiger partial charge in [0.25, 0.3) is 5.91 Å². The third-order valence-electron chi connectivity index (χ3n) is 3.94. The monoisotopic (exact) mass is 303 g/mol. The third-order valence-corrected chi connectivity index (χ3v) is 3.94. The zero-order chi connectivity index (χ0) is 15.5. The van der Waals surface area contributed by atoms with Crippen molar-refractivity contribution in [1.82, 2.24) is 15.0 Å². The van der Waals surface area contributed by atoms with Gasteiger partial charge in [0.2, 0.25) is 5.89 Å². The van der Waals surface area contributed by atoms with Gasteiger partial charge in [0, 0.05) is 25.4 Å². The van der Waals surface area contributed by atoms with Crippen molar-refractivity contribution in [2.24, 2.45) is 5.92 Å². The van der Waals surface area contributed by atoms with Gasteiger partial charge in [0.05, 0.1) is 6.26 Å². The van der Waals surface area contributed by atoms with E-state index in [9.17, 15) is 4.79 Å². The molecule has 6 nitrogen and oxygen atoms in total. The van der Waals surface area contributed by atoms with E-state index < -0.39 is 0 Å². The van der Waals surface area contributed by atoms with Crippen LogP contribution in [0.5, 0.6) is 0 Å². The van der Waals surface area contributed by atoms with Crippen molar-refractivity contribution in [3.8, 4) is 0 Å². The highest BCUT2D eigenvalue weighted by atomic mass is 16.5. The minimum absolute atomic E-state index is 0.0468. The predicted octanol–water partition coefficient (Wildman–Crippen LogP) is 2.88. The molecule has 1 aliphatic rings. The molecule has 6 heteroatoms. The topological polar surface area (TPSA) is 72.4 Å². The van der Waals surface area contributed by atoms with Crippen LogP contribution in [0.25, 0.3) is 0 Å². The Hall–Kier alpha value is -2.11. The van der Waals surface area contributed by atoms with Crippen LogP contribution < -0.4 is 0 Å². The summed E-state index contributed by atoms with van der Waals surface area (Å²) in [6.45, 7) is 5.64. The maximum absolute atomic E-state index is 12.2. The van der Waals surface area contributed by atoms with Crippen molar-refractivity contribution in [2.75, 3.05) is 13.1 Å². The molecule has 0 N–H and O–H groups in total. The first-order chi connectivity index (χ1) is 10.6. The molecular formula is C16H21N3O3. The Morgan fingerprint density at radius 1 is 1.41 bits per heavy atom. The Morgan fingerprint density at radius 3 is 2.82 bits per heavy atom. The number of likely N-dealkylation sites (tertiary alicyclic amines) is 1. The quantitative estimate of drug-likeness (QED) is 0.868. The fourth-order valence-electron chi connectivity index (χ4n) is 2.77. The summed E-state index contributed by atoms with van der Waals surface area (Å²) in [6.07, 6.45) is 4.04. The summed E-state index contributed by atoms with van der Waals surface area (Å²) in [6, 6.07) is 3.43. The van der Waals surface area contributed by atoms with Crippen molar-refractivity contribution >= 4 is 5.91 Å². The van der Waals surface area contributed by atoms with Crippen LogP contribution in [0.4, 0.5) is 0 Å². The van der Waals surface area contributed by atoms with Gasteiger partial charge < -0.3 is 13.8 Å². The zero-order valence-electron chi connectivity index (χ0n) is 13.0. The molecule has 0 radical (unpaired) electrons. The molecular weight excluding hydrogens is 282 g/mol. The van der Waals surface area contributed by atoms with Gasteiger partial charge in [-0.25, -0.2) is 0 Å². The third kappa shape index (κ3) is 3.21. The molecule has 118 valence electrons. The Morgan fingerprint density at radius 2 is 2.18 bits per heavy atom. The SMILES string of the molecule is CC(C)Cc1noc(C2CCN(C(=O)c3ccco3)CC2)n1. The first-order valence-corrected chi connectivity index (χ1v) is 7.78. The van der Waals surface area contributed by atoms with Gasteiger partial charge in [-0.3, -0.25) is 4.79 Å². The Kier molecular flexibility index (Phi) is 4.27. The van der Waals surface area contributed by atoms with Gasteiger partial charge >= 0.3 is 0 Å². The van der Waals surface area contributed by atoms with E-state index in [2.05, 4.69) is 24.0 Å². The molecule has 1 aliphatic heterocycles. The molecule has 0 aromatic carbocycles. The van der Waals surface area contributed by atoms with Crippen molar-refractivity contribution in [2.45, 2.75) is 39.0 Å². The highest BCUT2D eigenvalue weighted by molar-refractivity contribution is 5.91. The number of nitrogens with zero attached hydrogens (tertiary/aromatic N) is 3. The first kappa shape index (κ1) is 14.8. The number of furan rings is 1. The smallest absolute Gasteiger partial charge is 0.289 e. The molecule has 22 heavy (non-hydrogen) atoms. The summed E-state index contributed by atoms with van der Waals surface area (Å²) in [5.74, 6) is 2.59. The highest BCUT2D eigenvalue weighted by Crippen LogP contribution is 2.27. The number of amides is 1. The molecule has 0 spiro atoms. The highest BCUT2D eigenvalue weighted by Gasteiger charge is 2.28. The minimum atomic E-state index is -0.0468. The Bertz CT molecular complexity index is 610.